The molecule has 4 nitrogen and oxygen atoms in total. The molecule has 0 saturated heterocycles. The highest BCUT2D eigenvalue weighted by atomic mass is 16.3. The predicted molar refractivity (Wildman–Crippen MR) is 70.9 cm³/mol. The van der Waals surface area contributed by atoms with Crippen LogP contribution in [0.3, 0.4) is 0 Å². The van der Waals surface area contributed by atoms with Gasteiger partial charge in [-0.1, -0.05) is 40.5 Å². The van der Waals surface area contributed by atoms with Crippen molar-refractivity contribution in [2.75, 3.05) is 13.1 Å². The number of carbonyl (C=O) groups is 1. The molecule has 4 heteroatoms. The Hall–Kier alpha value is -0.770. The van der Waals surface area contributed by atoms with Crippen molar-refractivity contribution >= 4 is 6.03 Å². The van der Waals surface area contributed by atoms with Gasteiger partial charge in [-0.3, -0.25) is 0 Å². The molecule has 0 spiro atoms. The van der Waals surface area contributed by atoms with Crippen LogP contribution in [0.15, 0.2) is 0 Å². The third-order valence-corrected chi connectivity index (χ3v) is 3.56. The van der Waals surface area contributed by atoms with Crippen molar-refractivity contribution < 1.29 is 9.90 Å². The molecule has 0 aliphatic carbocycles. The van der Waals surface area contributed by atoms with E-state index in [4.69, 9.17) is 0 Å². The number of rotatable bonds is 7. The highest BCUT2D eigenvalue weighted by Gasteiger charge is 2.25. The summed E-state index contributed by atoms with van der Waals surface area (Å²) in [5.74, 6) is 0.646. The zero-order chi connectivity index (χ0) is 13.5. The molecular weight excluding hydrogens is 216 g/mol. The Morgan fingerprint density at radius 2 is 1.76 bits per heavy atom. The molecule has 0 fully saturated rings. The van der Waals surface area contributed by atoms with Crippen LogP contribution in [-0.4, -0.2) is 29.8 Å². The van der Waals surface area contributed by atoms with E-state index in [2.05, 4.69) is 24.5 Å². The normalized spacial score (nSPS) is 14.8. The summed E-state index contributed by atoms with van der Waals surface area (Å²) in [6.07, 6.45) is 2.14. The molecule has 0 radical (unpaired) electrons. The molecule has 0 bridgehead atoms. The van der Waals surface area contributed by atoms with Crippen LogP contribution < -0.4 is 10.6 Å². The number of carbonyl (C=O) groups excluding carboxylic acids is 1. The third-order valence-electron chi connectivity index (χ3n) is 3.56. The first-order chi connectivity index (χ1) is 7.83. The predicted octanol–water partition coefficient (Wildman–Crippen LogP) is 2.13. The third kappa shape index (κ3) is 6.51. The monoisotopic (exact) mass is 244 g/mol. The van der Waals surface area contributed by atoms with Crippen molar-refractivity contribution in [1.29, 1.82) is 0 Å². The Balaban J connectivity index is 3.88. The summed E-state index contributed by atoms with van der Waals surface area (Å²) in [6, 6.07) is -0.196. The van der Waals surface area contributed by atoms with Gasteiger partial charge in [0, 0.05) is 13.1 Å². The van der Waals surface area contributed by atoms with Crippen molar-refractivity contribution in [3.63, 3.8) is 0 Å². The summed E-state index contributed by atoms with van der Waals surface area (Å²) in [5, 5.41) is 15.5. The average Bonchev–Trinajstić information content (AvgIpc) is 2.27. The highest BCUT2D eigenvalue weighted by Crippen LogP contribution is 2.14. The lowest BCUT2D eigenvalue weighted by Crippen LogP contribution is -2.48. The van der Waals surface area contributed by atoms with Crippen molar-refractivity contribution in [3.8, 4) is 0 Å². The number of amides is 2. The van der Waals surface area contributed by atoms with Gasteiger partial charge in [-0.05, 0) is 18.8 Å². The first-order valence-electron chi connectivity index (χ1n) is 6.57. The van der Waals surface area contributed by atoms with Crippen LogP contribution in [0.5, 0.6) is 0 Å². The van der Waals surface area contributed by atoms with E-state index in [1.165, 1.54) is 0 Å². The zero-order valence-electron chi connectivity index (χ0n) is 11.8. The van der Waals surface area contributed by atoms with Crippen LogP contribution >= 0.6 is 0 Å². The summed E-state index contributed by atoms with van der Waals surface area (Å²) in [6.45, 7) is 10.8. The van der Waals surface area contributed by atoms with Gasteiger partial charge in [-0.15, -0.1) is 0 Å². The van der Waals surface area contributed by atoms with E-state index in [-0.39, 0.29) is 18.5 Å². The Morgan fingerprint density at radius 3 is 2.18 bits per heavy atom. The zero-order valence-corrected chi connectivity index (χ0v) is 11.8. The van der Waals surface area contributed by atoms with Crippen LogP contribution in [0, 0.1) is 11.8 Å². The van der Waals surface area contributed by atoms with Crippen molar-refractivity contribution in [2.45, 2.75) is 53.1 Å². The maximum absolute atomic E-state index is 11.5. The molecule has 2 amide bonds. The Kier molecular flexibility index (Phi) is 7.19. The maximum atomic E-state index is 11.5. The minimum atomic E-state index is -0.855. The van der Waals surface area contributed by atoms with Gasteiger partial charge in [0.1, 0.15) is 0 Å². The fourth-order valence-electron chi connectivity index (χ4n) is 1.34. The average molecular weight is 244 g/mol. The number of hydrogen-bond donors (Lipinski definition) is 3. The number of hydrogen-bond acceptors (Lipinski definition) is 2. The summed E-state index contributed by atoms with van der Waals surface area (Å²) in [5.41, 5.74) is -0.855. The van der Waals surface area contributed by atoms with Crippen molar-refractivity contribution in [1.82, 2.24) is 10.6 Å². The number of urea groups is 1. The van der Waals surface area contributed by atoms with Gasteiger partial charge in [-0.2, -0.15) is 0 Å². The second-order valence-corrected chi connectivity index (χ2v) is 5.26. The SMILES string of the molecule is CCC(CC)CNC(=O)NCC(C)(O)C(C)C. The second-order valence-electron chi connectivity index (χ2n) is 5.26. The van der Waals surface area contributed by atoms with Crippen molar-refractivity contribution in [2.24, 2.45) is 11.8 Å². The second kappa shape index (κ2) is 7.54. The van der Waals surface area contributed by atoms with E-state index in [1.54, 1.807) is 6.92 Å². The molecule has 0 saturated carbocycles. The minimum absolute atomic E-state index is 0.113. The fourth-order valence-corrected chi connectivity index (χ4v) is 1.34. The van der Waals surface area contributed by atoms with Gasteiger partial charge in [0.05, 0.1) is 5.60 Å². The molecule has 1 unspecified atom stereocenters. The van der Waals surface area contributed by atoms with Gasteiger partial charge < -0.3 is 15.7 Å². The highest BCUT2D eigenvalue weighted by molar-refractivity contribution is 5.73. The lowest BCUT2D eigenvalue weighted by atomic mass is 9.93. The van der Waals surface area contributed by atoms with E-state index in [0.717, 1.165) is 12.8 Å². The molecule has 102 valence electrons. The Labute approximate surface area is 105 Å². The van der Waals surface area contributed by atoms with Gasteiger partial charge in [-0.25, -0.2) is 4.79 Å². The summed E-state index contributed by atoms with van der Waals surface area (Å²) < 4.78 is 0. The molecular formula is C13H28N2O2. The van der Waals surface area contributed by atoms with E-state index >= 15 is 0 Å². The number of nitrogens with one attached hydrogen (secondary N) is 2. The molecule has 0 rings (SSSR count). The quantitative estimate of drug-likeness (QED) is 0.642. The Morgan fingerprint density at radius 1 is 1.24 bits per heavy atom. The molecule has 1 atom stereocenters. The lowest BCUT2D eigenvalue weighted by Gasteiger charge is -2.28. The summed E-state index contributed by atoms with van der Waals surface area (Å²) >= 11 is 0. The fraction of sp³-hybridized carbons (Fsp3) is 0.923. The van der Waals surface area contributed by atoms with E-state index < -0.39 is 5.60 Å². The topological polar surface area (TPSA) is 61.4 Å². The standard InChI is InChI=1S/C13H28N2O2/c1-6-11(7-2)8-14-12(16)15-9-13(5,17)10(3)4/h10-11,17H,6-9H2,1-5H3,(H2,14,15,16). The maximum Gasteiger partial charge on any atom is 0.314 e. The van der Waals surface area contributed by atoms with Crippen LogP contribution in [0.4, 0.5) is 4.79 Å². The van der Waals surface area contributed by atoms with Gasteiger partial charge >= 0.3 is 6.03 Å². The summed E-state index contributed by atoms with van der Waals surface area (Å²) in [4.78, 5) is 11.5. The minimum Gasteiger partial charge on any atom is -0.388 e. The van der Waals surface area contributed by atoms with Crippen LogP contribution in [0.2, 0.25) is 0 Å². The largest absolute Gasteiger partial charge is 0.388 e. The Bertz CT molecular complexity index is 223. The van der Waals surface area contributed by atoms with Crippen LogP contribution in [0.25, 0.3) is 0 Å². The molecule has 0 aliphatic rings. The first-order valence-corrected chi connectivity index (χ1v) is 6.57. The van der Waals surface area contributed by atoms with Gasteiger partial charge in [0.2, 0.25) is 0 Å². The smallest absolute Gasteiger partial charge is 0.314 e. The molecule has 0 aromatic carbocycles. The number of aliphatic hydroxyl groups is 1. The van der Waals surface area contributed by atoms with E-state index in [0.29, 0.717) is 12.5 Å². The molecule has 17 heavy (non-hydrogen) atoms. The molecule has 0 aromatic heterocycles. The molecule has 0 aromatic rings. The summed E-state index contributed by atoms with van der Waals surface area (Å²) in [7, 11) is 0. The van der Waals surface area contributed by atoms with Gasteiger partial charge in [0.15, 0.2) is 0 Å². The van der Waals surface area contributed by atoms with Gasteiger partial charge in [0.25, 0.3) is 0 Å². The first kappa shape index (κ1) is 16.2. The van der Waals surface area contributed by atoms with E-state index in [9.17, 15) is 9.90 Å². The van der Waals surface area contributed by atoms with Crippen LogP contribution in [0.1, 0.15) is 47.5 Å². The lowest BCUT2D eigenvalue weighted by molar-refractivity contribution is 0.0166. The molecule has 3 N–H and O–H groups in total. The molecule has 0 aliphatic heterocycles. The van der Waals surface area contributed by atoms with Crippen LogP contribution in [-0.2, 0) is 0 Å². The van der Waals surface area contributed by atoms with E-state index in [1.807, 2.05) is 13.8 Å². The van der Waals surface area contributed by atoms with Crippen molar-refractivity contribution in [3.05, 3.63) is 0 Å². The molecule has 0 heterocycles.